The zero-order chi connectivity index (χ0) is 14.4. The minimum Gasteiger partial charge on any atom is -0.348 e. The van der Waals surface area contributed by atoms with Gasteiger partial charge in [-0.3, -0.25) is 4.79 Å². The normalized spacial score (nSPS) is 10.7. The van der Waals surface area contributed by atoms with E-state index in [0.717, 1.165) is 15.6 Å². The van der Waals surface area contributed by atoms with Gasteiger partial charge >= 0.3 is 0 Å². The molecule has 0 radical (unpaired) electrons. The van der Waals surface area contributed by atoms with E-state index in [4.69, 9.17) is 11.6 Å². The van der Waals surface area contributed by atoms with Gasteiger partial charge in [0.05, 0.1) is 0 Å². The third-order valence-electron chi connectivity index (χ3n) is 2.66. The van der Waals surface area contributed by atoms with Crippen LogP contribution < -0.4 is 5.32 Å². The van der Waals surface area contributed by atoms with Crippen LogP contribution in [-0.4, -0.2) is 5.91 Å². The molecule has 2 nitrogen and oxygen atoms in total. The number of carbonyl (C=O) groups is 1. The van der Waals surface area contributed by atoms with E-state index in [1.165, 1.54) is 6.08 Å². The van der Waals surface area contributed by atoms with E-state index in [1.54, 1.807) is 18.2 Å². The molecule has 0 heterocycles. The number of carbonyl (C=O) groups excluding carboxylic acids is 1. The molecule has 20 heavy (non-hydrogen) atoms. The number of halogens is 2. The fourth-order valence-corrected chi connectivity index (χ4v) is 2.18. The highest BCUT2D eigenvalue weighted by Crippen LogP contribution is 2.12. The monoisotopic (exact) mass is 349 g/mol. The lowest BCUT2D eigenvalue weighted by Gasteiger charge is -2.02. The van der Waals surface area contributed by atoms with Gasteiger partial charge in [0.25, 0.3) is 0 Å². The van der Waals surface area contributed by atoms with Crippen LogP contribution >= 0.6 is 27.5 Å². The van der Waals surface area contributed by atoms with E-state index in [0.29, 0.717) is 11.6 Å². The second kappa shape index (κ2) is 7.27. The Hall–Kier alpha value is -1.58. The Bertz CT molecular complexity index is 623. The Kier molecular flexibility index (Phi) is 5.39. The van der Waals surface area contributed by atoms with Crippen molar-refractivity contribution in [2.45, 2.75) is 6.54 Å². The predicted octanol–water partition coefficient (Wildman–Crippen LogP) is 4.43. The second-order valence-electron chi connectivity index (χ2n) is 4.23. The van der Waals surface area contributed by atoms with Gasteiger partial charge in [0.15, 0.2) is 0 Å². The summed E-state index contributed by atoms with van der Waals surface area (Å²) in [5.74, 6) is -0.125. The van der Waals surface area contributed by atoms with Gasteiger partial charge in [-0.15, -0.1) is 0 Å². The molecule has 1 N–H and O–H groups in total. The summed E-state index contributed by atoms with van der Waals surface area (Å²) in [6.07, 6.45) is 3.31. The summed E-state index contributed by atoms with van der Waals surface area (Å²) in [7, 11) is 0. The molecule has 0 saturated heterocycles. The molecule has 0 bridgehead atoms. The van der Waals surface area contributed by atoms with E-state index in [1.807, 2.05) is 36.4 Å². The second-order valence-corrected chi connectivity index (χ2v) is 5.58. The molecule has 4 heteroatoms. The van der Waals surface area contributed by atoms with Crippen molar-refractivity contribution in [1.29, 1.82) is 0 Å². The van der Waals surface area contributed by atoms with E-state index < -0.39 is 0 Å². The summed E-state index contributed by atoms with van der Waals surface area (Å²) >= 11 is 9.19. The van der Waals surface area contributed by atoms with Crippen LogP contribution in [0.15, 0.2) is 59.1 Å². The van der Waals surface area contributed by atoms with Crippen LogP contribution in [0, 0.1) is 0 Å². The summed E-state index contributed by atoms with van der Waals surface area (Å²) in [5, 5.41) is 3.51. The molecule has 0 atom stereocenters. The third-order valence-corrected chi connectivity index (χ3v) is 3.40. The third kappa shape index (κ3) is 4.83. The summed E-state index contributed by atoms with van der Waals surface area (Å²) in [6, 6.07) is 15.1. The quantitative estimate of drug-likeness (QED) is 0.812. The molecule has 0 fully saturated rings. The minimum atomic E-state index is -0.125. The highest BCUT2D eigenvalue weighted by molar-refractivity contribution is 9.10. The summed E-state index contributed by atoms with van der Waals surface area (Å²) in [4.78, 5) is 11.7. The Morgan fingerprint density at radius 3 is 2.65 bits per heavy atom. The van der Waals surface area contributed by atoms with Gasteiger partial charge in [0.1, 0.15) is 0 Å². The highest BCUT2D eigenvalue weighted by Gasteiger charge is 1.97. The fourth-order valence-electron chi connectivity index (χ4n) is 1.63. The lowest BCUT2D eigenvalue weighted by atomic mass is 10.2. The first-order valence-electron chi connectivity index (χ1n) is 6.09. The molecule has 0 aliphatic carbocycles. The first-order chi connectivity index (χ1) is 9.63. The molecule has 0 aliphatic rings. The average molecular weight is 351 g/mol. The number of rotatable bonds is 4. The van der Waals surface area contributed by atoms with Crippen molar-refractivity contribution in [3.05, 3.63) is 75.2 Å². The van der Waals surface area contributed by atoms with Gasteiger partial charge in [-0.05, 0) is 41.5 Å². The molecule has 2 rings (SSSR count). The molecule has 1 amide bonds. The predicted molar refractivity (Wildman–Crippen MR) is 86.5 cm³/mol. The zero-order valence-corrected chi connectivity index (χ0v) is 13.0. The van der Waals surface area contributed by atoms with E-state index in [9.17, 15) is 4.79 Å². The lowest BCUT2D eigenvalue weighted by molar-refractivity contribution is -0.116. The van der Waals surface area contributed by atoms with Gasteiger partial charge in [-0.1, -0.05) is 51.8 Å². The Labute approximate surface area is 131 Å². The molecule has 0 aromatic heterocycles. The van der Waals surface area contributed by atoms with Crippen LogP contribution in [0.5, 0.6) is 0 Å². The first kappa shape index (κ1) is 14.8. The van der Waals surface area contributed by atoms with Crippen molar-refractivity contribution in [1.82, 2.24) is 5.32 Å². The van der Waals surface area contributed by atoms with Gasteiger partial charge in [0.2, 0.25) is 5.91 Å². The lowest BCUT2D eigenvalue weighted by Crippen LogP contribution is -2.20. The average Bonchev–Trinajstić information content (AvgIpc) is 2.45. The summed E-state index contributed by atoms with van der Waals surface area (Å²) in [6.45, 7) is 0.485. The Morgan fingerprint density at radius 2 is 1.95 bits per heavy atom. The molecule has 0 saturated carbocycles. The van der Waals surface area contributed by atoms with Crippen LogP contribution in [0.4, 0.5) is 0 Å². The van der Waals surface area contributed by atoms with Gasteiger partial charge in [-0.25, -0.2) is 0 Å². The largest absolute Gasteiger partial charge is 0.348 e. The molecule has 2 aromatic rings. The number of amides is 1. The Morgan fingerprint density at radius 1 is 1.20 bits per heavy atom. The smallest absolute Gasteiger partial charge is 0.244 e. The molecular formula is C16H13BrClNO. The maximum Gasteiger partial charge on any atom is 0.244 e. The van der Waals surface area contributed by atoms with Crippen molar-refractivity contribution in [2.24, 2.45) is 0 Å². The van der Waals surface area contributed by atoms with Crippen molar-refractivity contribution >= 4 is 39.5 Å². The molecule has 102 valence electrons. The highest BCUT2D eigenvalue weighted by atomic mass is 79.9. The van der Waals surface area contributed by atoms with Crippen molar-refractivity contribution in [3.8, 4) is 0 Å². The van der Waals surface area contributed by atoms with Crippen LogP contribution in [0.2, 0.25) is 5.02 Å². The zero-order valence-electron chi connectivity index (χ0n) is 10.6. The molecular weight excluding hydrogens is 338 g/mol. The van der Waals surface area contributed by atoms with Crippen LogP contribution in [0.25, 0.3) is 6.08 Å². The number of benzene rings is 2. The SMILES string of the molecule is O=C(/C=C/c1cccc(Br)c1)NCc1ccc(Cl)cc1. The van der Waals surface area contributed by atoms with E-state index >= 15 is 0 Å². The van der Waals surface area contributed by atoms with Gasteiger partial charge in [0, 0.05) is 22.1 Å². The standard InChI is InChI=1S/C16H13BrClNO/c17-14-3-1-2-12(10-14)6-9-16(20)19-11-13-4-7-15(18)8-5-13/h1-10H,11H2,(H,19,20)/b9-6+. The van der Waals surface area contributed by atoms with Gasteiger partial charge < -0.3 is 5.32 Å². The minimum absolute atomic E-state index is 0.125. The number of hydrogen-bond donors (Lipinski definition) is 1. The topological polar surface area (TPSA) is 29.1 Å². The van der Waals surface area contributed by atoms with Crippen LogP contribution in [0.1, 0.15) is 11.1 Å². The van der Waals surface area contributed by atoms with Crippen LogP contribution in [-0.2, 0) is 11.3 Å². The Balaban J connectivity index is 1.88. The first-order valence-corrected chi connectivity index (χ1v) is 7.26. The van der Waals surface area contributed by atoms with Crippen molar-refractivity contribution in [2.75, 3.05) is 0 Å². The summed E-state index contributed by atoms with van der Waals surface area (Å²) in [5.41, 5.74) is 1.99. The molecule has 0 aliphatic heterocycles. The fraction of sp³-hybridized carbons (Fsp3) is 0.0625. The van der Waals surface area contributed by atoms with Gasteiger partial charge in [-0.2, -0.15) is 0 Å². The van der Waals surface area contributed by atoms with Crippen molar-refractivity contribution < 1.29 is 4.79 Å². The molecule has 0 spiro atoms. The van der Waals surface area contributed by atoms with Crippen molar-refractivity contribution in [3.63, 3.8) is 0 Å². The maximum absolute atomic E-state index is 11.7. The van der Waals surface area contributed by atoms with E-state index in [2.05, 4.69) is 21.2 Å². The number of nitrogens with one attached hydrogen (secondary N) is 1. The maximum atomic E-state index is 11.7. The van der Waals surface area contributed by atoms with E-state index in [-0.39, 0.29) is 5.91 Å². The molecule has 2 aromatic carbocycles. The summed E-state index contributed by atoms with van der Waals surface area (Å²) < 4.78 is 0.987. The molecule has 0 unspecified atom stereocenters. The van der Waals surface area contributed by atoms with Crippen LogP contribution in [0.3, 0.4) is 0 Å². The number of hydrogen-bond acceptors (Lipinski definition) is 1.